The fourth-order valence-corrected chi connectivity index (χ4v) is 3.11. The molecule has 0 bridgehead atoms. The van der Waals surface area contributed by atoms with Gasteiger partial charge in [-0.2, -0.15) is 0 Å². The van der Waals surface area contributed by atoms with E-state index in [0.717, 1.165) is 32.0 Å². The fraction of sp³-hybridized carbons (Fsp3) is 0.706. The van der Waals surface area contributed by atoms with Crippen molar-refractivity contribution in [1.82, 2.24) is 15.2 Å². The van der Waals surface area contributed by atoms with Crippen LogP contribution in [0.1, 0.15) is 31.0 Å². The normalized spacial score (nSPS) is 20.0. The molecule has 21 heavy (non-hydrogen) atoms. The lowest BCUT2D eigenvalue weighted by molar-refractivity contribution is 0.247. The first-order chi connectivity index (χ1) is 10.3. The van der Waals surface area contributed by atoms with Gasteiger partial charge in [0.05, 0.1) is 0 Å². The van der Waals surface area contributed by atoms with Gasteiger partial charge < -0.3 is 10.2 Å². The van der Waals surface area contributed by atoms with Crippen molar-refractivity contribution in [2.45, 2.75) is 32.7 Å². The highest BCUT2D eigenvalue weighted by molar-refractivity contribution is 5.43. The number of piperazine rings is 1. The summed E-state index contributed by atoms with van der Waals surface area (Å²) < 4.78 is 0. The molecular weight excluding hydrogens is 260 g/mol. The number of anilines is 1. The molecule has 1 N–H and O–H groups in total. The molecule has 4 nitrogen and oxygen atoms in total. The summed E-state index contributed by atoms with van der Waals surface area (Å²) >= 11 is 0. The Morgan fingerprint density at radius 1 is 1.19 bits per heavy atom. The van der Waals surface area contributed by atoms with Gasteiger partial charge in [-0.25, -0.2) is 4.98 Å². The highest BCUT2D eigenvalue weighted by atomic mass is 15.3. The molecule has 0 spiro atoms. The van der Waals surface area contributed by atoms with Crippen LogP contribution in [0.2, 0.25) is 0 Å². The van der Waals surface area contributed by atoms with Crippen molar-refractivity contribution >= 4 is 5.82 Å². The Morgan fingerprint density at radius 3 is 2.57 bits per heavy atom. The van der Waals surface area contributed by atoms with Crippen LogP contribution in [-0.2, 0) is 13.0 Å². The minimum Gasteiger partial charge on any atom is -0.354 e. The molecule has 0 aromatic carbocycles. The van der Waals surface area contributed by atoms with Gasteiger partial charge in [0.15, 0.2) is 0 Å². The Bertz CT molecular complexity index is 462. The molecule has 1 aliphatic heterocycles. The quantitative estimate of drug-likeness (QED) is 0.866. The van der Waals surface area contributed by atoms with Crippen LogP contribution in [-0.4, -0.2) is 49.7 Å². The SMILES string of the molecule is CCc1cc(CNC)cc(N2CCN(CC3CC3)CC2)n1. The van der Waals surface area contributed by atoms with E-state index in [4.69, 9.17) is 4.98 Å². The molecule has 0 atom stereocenters. The minimum atomic E-state index is 0.921. The van der Waals surface area contributed by atoms with E-state index in [2.05, 4.69) is 34.2 Å². The van der Waals surface area contributed by atoms with Crippen molar-refractivity contribution in [3.05, 3.63) is 23.4 Å². The molecule has 0 amide bonds. The lowest BCUT2D eigenvalue weighted by Crippen LogP contribution is -2.47. The number of nitrogens with one attached hydrogen (secondary N) is 1. The Morgan fingerprint density at radius 2 is 1.95 bits per heavy atom. The van der Waals surface area contributed by atoms with Crippen LogP contribution in [0.5, 0.6) is 0 Å². The zero-order valence-electron chi connectivity index (χ0n) is 13.4. The van der Waals surface area contributed by atoms with E-state index in [9.17, 15) is 0 Å². The first-order valence-electron chi connectivity index (χ1n) is 8.40. The topological polar surface area (TPSA) is 31.4 Å². The Kier molecular flexibility index (Phi) is 4.76. The standard InChI is InChI=1S/C17H28N4/c1-3-16-10-15(12-18-2)11-17(19-16)21-8-6-20(7-9-21)13-14-4-5-14/h10-11,14,18H,3-9,12-13H2,1-2H3. The molecule has 2 heterocycles. The van der Waals surface area contributed by atoms with Crippen LogP contribution < -0.4 is 10.2 Å². The van der Waals surface area contributed by atoms with Gasteiger partial charge in [-0.1, -0.05) is 6.92 Å². The highest BCUT2D eigenvalue weighted by Gasteiger charge is 2.26. The predicted molar refractivity (Wildman–Crippen MR) is 87.8 cm³/mol. The number of nitrogens with zero attached hydrogens (tertiary/aromatic N) is 3. The van der Waals surface area contributed by atoms with Crippen LogP contribution in [0.3, 0.4) is 0 Å². The molecule has 3 rings (SSSR count). The first-order valence-corrected chi connectivity index (χ1v) is 8.40. The van der Waals surface area contributed by atoms with E-state index in [-0.39, 0.29) is 0 Å². The van der Waals surface area contributed by atoms with Crippen LogP contribution in [0, 0.1) is 5.92 Å². The molecule has 0 radical (unpaired) electrons. The summed E-state index contributed by atoms with van der Waals surface area (Å²) in [5, 5.41) is 3.25. The smallest absolute Gasteiger partial charge is 0.129 e. The number of hydrogen-bond acceptors (Lipinski definition) is 4. The fourth-order valence-electron chi connectivity index (χ4n) is 3.11. The van der Waals surface area contributed by atoms with Crippen molar-refractivity contribution in [3.8, 4) is 0 Å². The molecule has 116 valence electrons. The van der Waals surface area contributed by atoms with Gasteiger partial charge in [-0.05, 0) is 49.9 Å². The Hall–Kier alpha value is -1.13. The van der Waals surface area contributed by atoms with Gasteiger partial charge in [0, 0.05) is 45.0 Å². The zero-order valence-corrected chi connectivity index (χ0v) is 13.4. The number of pyridine rings is 1. The van der Waals surface area contributed by atoms with Gasteiger partial charge in [0.2, 0.25) is 0 Å². The molecule has 1 aromatic rings. The largest absolute Gasteiger partial charge is 0.354 e. The van der Waals surface area contributed by atoms with E-state index in [0.29, 0.717) is 0 Å². The Balaban J connectivity index is 1.64. The number of hydrogen-bond donors (Lipinski definition) is 1. The third kappa shape index (κ3) is 3.95. The second-order valence-electron chi connectivity index (χ2n) is 6.44. The lowest BCUT2D eigenvalue weighted by atomic mass is 10.1. The average molecular weight is 288 g/mol. The summed E-state index contributed by atoms with van der Waals surface area (Å²) in [5.74, 6) is 2.17. The molecule has 2 fully saturated rings. The molecule has 1 saturated carbocycles. The van der Waals surface area contributed by atoms with E-state index in [1.807, 2.05) is 7.05 Å². The summed E-state index contributed by atoms with van der Waals surface area (Å²) in [6.45, 7) is 9.04. The van der Waals surface area contributed by atoms with Crippen LogP contribution in [0.4, 0.5) is 5.82 Å². The summed E-state index contributed by atoms with van der Waals surface area (Å²) in [4.78, 5) is 9.93. The van der Waals surface area contributed by atoms with Crippen molar-refractivity contribution in [1.29, 1.82) is 0 Å². The van der Waals surface area contributed by atoms with Gasteiger partial charge in [-0.3, -0.25) is 4.90 Å². The summed E-state index contributed by atoms with van der Waals surface area (Å²) in [7, 11) is 2.00. The third-order valence-corrected chi connectivity index (χ3v) is 4.58. The molecular formula is C17H28N4. The molecule has 1 aliphatic carbocycles. The molecule has 1 aromatic heterocycles. The van der Waals surface area contributed by atoms with Crippen molar-refractivity contribution in [2.75, 3.05) is 44.7 Å². The lowest BCUT2D eigenvalue weighted by Gasteiger charge is -2.35. The number of aryl methyl sites for hydroxylation is 1. The zero-order chi connectivity index (χ0) is 14.7. The van der Waals surface area contributed by atoms with Gasteiger partial charge >= 0.3 is 0 Å². The highest BCUT2D eigenvalue weighted by Crippen LogP contribution is 2.30. The van der Waals surface area contributed by atoms with Crippen LogP contribution in [0.25, 0.3) is 0 Å². The minimum absolute atomic E-state index is 0.921. The average Bonchev–Trinajstić information content (AvgIpc) is 3.32. The van der Waals surface area contributed by atoms with E-state index < -0.39 is 0 Å². The van der Waals surface area contributed by atoms with E-state index in [1.54, 1.807) is 0 Å². The van der Waals surface area contributed by atoms with Gasteiger partial charge in [-0.15, -0.1) is 0 Å². The molecule has 0 unspecified atom stereocenters. The van der Waals surface area contributed by atoms with Gasteiger partial charge in [0.25, 0.3) is 0 Å². The number of aromatic nitrogens is 1. The van der Waals surface area contributed by atoms with E-state index >= 15 is 0 Å². The summed E-state index contributed by atoms with van der Waals surface area (Å²) in [5.41, 5.74) is 2.55. The first kappa shape index (κ1) is 14.8. The predicted octanol–water partition coefficient (Wildman–Crippen LogP) is 1.90. The van der Waals surface area contributed by atoms with E-state index in [1.165, 1.54) is 49.6 Å². The maximum atomic E-state index is 4.84. The summed E-state index contributed by atoms with van der Waals surface area (Å²) in [6, 6.07) is 4.48. The molecule has 1 saturated heterocycles. The van der Waals surface area contributed by atoms with Gasteiger partial charge in [0.1, 0.15) is 5.82 Å². The van der Waals surface area contributed by atoms with Crippen LogP contribution >= 0.6 is 0 Å². The summed E-state index contributed by atoms with van der Waals surface area (Å²) in [6.07, 6.45) is 3.91. The van der Waals surface area contributed by atoms with Crippen LogP contribution in [0.15, 0.2) is 12.1 Å². The molecule has 4 heteroatoms. The Labute approximate surface area is 128 Å². The number of rotatable bonds is 6. The van der Waals surface area contributed by atoms with Crippen molar-refractivity contribution in [3.63, 3.8) is 0 Å². The third-order valence-electron chi connectivity index (χ3n) is 4.58. The monoisotopic (exact) mass is 288 g/mol. The second-order valence-corrected chi connectivity index (χ2v) is 6.44. The van der Waals surface area contributed by atoms with Crippen molar-refractivity contribution in [2.24, 2.45) is 5.92 Å². The van der Waals surface area contributed by atoms with Crippen molar-refractivity contribution < 1.29 is 0 Å². The maximum Gasteiger partial charge on any atom is 0.129 e. The second kappa shape index (κ2) is 6.75. The maximum absolute atomic E-state index is 4.84. The molecule has 2 aliphatic rings.